The highest BCUT2D eigenvalue weighted by molar-refractivity contribution is 5.64. The molecule has 9 aliphatic rings. The van der Waals surface area contributed by atoms with Crippen molar-refractivity contribution in [2.75, 3.05) is 0 Å². The van der Waals surface area contributed by atoms with Crippen molar-refractivity contribution in [1.82, 2.24) is 0 Å². The van der Waals surface area contributed by atoms with E-state index in [1.54, 1.807) is 27.9 Å². The van der Waals surface area contributed by atoms with Gasteiger partial charge in [-0.3, -0.25) is 0 Å². The van der Waals surface area contributed by atoms with Crippen LogP contribution in [0.1, 0.15) is 116 Å². The maximum absolute atomic E-state index is 11.2. The molecule has 9 rings (SSSR count). The van der Waals surface area contributed by atoms with Crippen LogP contribution in [0.2, 0.25) is 0 Å². The zero-order valence-electron chi connectivity index (χ0n) is 30.0. The lowest BCUT2D eigenvalue weighted by molar-refractivity contribution is 0.0955. The Morgan fingerprint density at radius 3 is 2.24 bits per heavy atom. The minimum atomic E-state index is -0.00323. The number of rotatable bonds is 6. The third-order valence-corrected chi connectivity index (χ3v) is 15.4. The fraction of sp³-hybridized carbons (Fsp3) is 0.574. The van der Waals surface area contributed by atoms with Gasteiger partial charge in [0.1, 0.15) is 0 Å². The van der Waals surface area contributed by atoms with Gasteiger partial charge in [-0.15, -0.1) is 0 Å². The molecule has 0 heterocycles. The lowest BCUT2D eigenvalue weighted by Gasteiger charge is -2.62. The first kappa shape index (κ1) is 31.9. The van der Waals surface area contributed by atoms with Crippen LogP contribution in [0.4, 0.5) is 0 Å². The molecule has 0 aromatic rings. The number of allylic oxidation sites excluding steroid dienone is 18. The molecule has 0 bridgehead atoms. The van der Waals surface area contributed by atoms with E-state index in [1.165, 1.54) is 83.5 Å². The zero-order valence-corrected chi connectivity index (χ0v) is 30.0. The molecular weight excluding hydrogens is 595 g/mol. The second-order valence-corrected chi connectivity index (χ2v) is 17.1. The first-order chi connectivity index (χ1) is 24.1. The SMILES string of the molecule is C=C1C(C/C=C\C)C2(C3=C(C=CCC3)C3CC=CCC32)C2=C(CC(CCC3=CCC(N=O)CC3)CC2)C12C1=C(C=CCC1)C1CC=CCC12. The molecule has 9 unspecified atom stereocenters. The minimum absolute atomic E-state index is 0.00323. The van der Waals surface area contributed by atoms with Gasteiger partial charge in [-0.2, -0.15) is 4.91 Å². The molecule has 49 heavy (non-hydrogen) atoms. The quantitative estimate of drug-likeness (QED) is 0.208. The Kier molecular flexibility index (Phi) is 8.24. The van der Waals surface area contributed by atoms with Crippen LogP contribution < -0.4 is 0 Å². The van der Waals surface area contributed by atoms with Gasteiger partial charge in [0.25, 0.3) is 0 Å². The Balaban J connectivity index is 1.24. The van der Waals surface area contributed by atoms with Gasteiger partial charge in [0.2, 0.25) is 0 Å². The molecule has 2 heteroatoms. The van der Waals surface area contributed by atoms with E-state index >= 15 is 0 Å². The molecule has 9 atom stereocenters. The van der Waals surface area contributed by atoms with Gasteiger partial charge in [-0.1, -0.05) is 112 Å². The van der Waals surface area contributed by atoms with E-state index < -0.39 is 0 Å². The second-order valence-electron chi connectivity index (χ2n) is 17.1. The average Bonchev–Trinajstić information content (AvgIpc) is 3.62. The summed E-state index contributed by atoms with van der Waals surface area (Å²) in [4.78, 5) is 11.2. The molecule has 0 aliphatic heterocycles. The summed E-state index contributed by atoms with van der Waals surface area (Å²) in [7, 11) is 0. The van der Waals surface area contributed by atoms with E-state index in [1.807, 2.05) is 16.7 Å². The fourth-order valence-corrected chi connectivity index (χ4v) is 13.6. The highest BCUT2D eigenvalue weighted by atomic mass is 16.3. The van der Waals surface area contributed by atoms with Gasteiger partial charge >= 0.3 is 0 Å². The Bertz CT molecular complexity index is 1700. The largest absolute Gasteiger partial charge is 0.151 e. The maximum Gasteiger partial charge on any atom is 0.0957 e. The monoisotopic (exact) mass is 651 g/mol. The van der Waals surface area contributed by atoms with Crippen molar-refractivity contribution in [3.8, 4) is 0 Å². The molecule has 0 aromatic heterocycles. The lowest BCUT2D eigenvalue weighted by atomic mass is 9.41. The number of fused-ring (bicyclic) bond motifs is 10. The maximum atomic E-state index is 11.2. The molecule has 2 nitrogen and oxygen atoms in total. The molecule has 0 N–H and O–H groups in total. The van der Waals surface area contributed by atoms with E-state index in [0.717, 1.165) is 31.6 Å². The molecule has 0 aromatic carbocycles. The predicted molar refractivity (Wildman–Crippen MR) is 204 cm³/mol. The topological polar surface area (TPSA) is 29.4 Å². The predicted octanol–water partition coefficient (Wildman–Crippen LogP) is 12.7. The molecule has 9 aliphatic carbocycles. The second kappa shape index (κ2) is 12.6. The van der Waals surface area contributed by atoms with Gasteiger partial charge in [0, 0.05) is 10.8 Å². The molecule has 0 amide bonds. The van der Waals surface area contributed by atoms with Crippen LogP contribution >= 0.6 is 0 Å². The summed E-state index contributed by atoms with van der Waals surface area (Å²) < 4.78 is 0. The fourth-order valence-electron chi connectivity index (χ4n) is 13.6. The Labute approximate surface area is 295 Å². The van der Waals surface area contributed by atoms with Crippen molar-refractivity contribution in [3.05, 3.63) is 123 Å². The highest BCUT2D eigenvalue weighted by Gasteiger charge is 2.68. The van der Waals surface area contributed by atoms with Crippen molar-refractivity contribution in [3.63, 3.8) is 0 Å². The number of nitrogens with zero attached hydrogens (tertiary/aromatic N) is 1. The number of hydrogen-bond donors (Lipinski definition) is 0. The summed E-state index contributed by atoms with van der Waals surface area (Å²) in [6, 6.07) is -0.00323. The standard InChI is InChI=1S/C47H57NO/c1-3-4-17-39-31(2)46(40-18-9-5-13-35(40)36-14-6-10-19-41(36)46)45-30-33(23-22-32-24-27-34(48-49)28-25-32)26-29-44(45)47(39)42-20-11-7-15-37(42)38-16-8-12-21-43(38)47/h3-9,11,14,16,24,33-35,37,39-40,42H,2,10,12-13,15,17-23,25-30H2,1H3/b4-3-. The van der Waals surface area contributed by atoms with Gasteiger partial charge in [-0.05, 0) is 163 Å². The summed E-state index contributed by atoms with van der Waals surface area (Å²) in [6.07, 6.45) is 47.4. The van der Waals surface area contributed by atoms with Crippen LogP contribution in [0.3, 0.4) is 0 Å². The molecular formula is C47H57NO. The minimum Gasteiger partial charge on any atom is -0.151 e. The summed E-state index contributed by atoms with van der Waals surface area (Å²) >= 11 is 0. The third kappa shape index (κ3) is 4.57. The van der Waals surface area contributed by atoms with Crippen molar-refractivity contribution < 1.29 is 0 Å². The van der Waals surface area contributed by atoms with Crippen molar-refractivity contribution in [2.24, 2.45) is 51.5 Å². The van der Waals surface area contributed by atoms with Gasteiger partial charge in [0.15, 0.2) is 0 Å². The van der Waals surface area contributed by atoms with Gasteiger partial charge in [0.05, 0.1) is 6.04 Å². The summed E-state index contributed by atoms with van der Waals surface area (Å²) in [5.74, 6) is 3.75. The number of nitroso groups, excluding NO2 is 1. The van der Waals surface area contributed by atoms with Gasteiger partial charge in [-0.25, -0.2) is 0 Å². The van der Waals surface area contributed by atoms with E-state index in [4.69, 9.17) is 6.58 Å². The lowest BCUT2D eigenvalue weighted by Crippen LogP contribution is -2.53. The average molecular weight is 652 g/mol. The third-order valence-electron chi connectivity index (χ3n) is 15.4. The van der Waals surface area contributed by atoms with E-state index in [-0.39, 0.29) is 16.9 Å². The van der Waals surface area contributed by atoms with Crippen LogP contribution in [0.5, 0.6) is 0 Å². The summed E-state index contributed by atoms with van der Waals surface area (Å²) in [5, 5.41) is 3.37. The van der Waals surface area contributed by atoms with Crippen molar-refractivity contribution in [1.29, 1.82) is 0 Å². The molecule has 0 radical (unpaired) electrons. The Morgan fingerprint density at radius 2 is 1.51 bits per heavy atom. The van der Waals surface area contributed by atoms with Crippen LogP contribution in [0.25, 0.3) is 0 Å². The van der Waals surface area contributed by atoms with Crippen LogP contribution in [0, 0.1) is 51.2 Å². The molecule has 0 saturated heterocycles. The Hall–Kier alpha value is -3.00. The summed E-state index contributed by atoms with van der Waals surface area (Å²) in [6.45, 7) is 7.69. The van der Waals surface area contributed by atoms with Gasteiger partial charge < -0.3 is 0 Å². The van der Waals surface area contributed by atoms with Crippen LogP contribution in [-0.2, 0) is 0 Å². The first-order valence-electron chi connectivity index (χ1n) is 20.3. The Morgan fingerprint density at radius 1 is 0.796 bits per heavy atom. The first-order valence-corrected chi connectivity index (χ1v) is 20.3. The van der Waals surface area contributed by atoms with Crippen LogP contribution in [0.15, 0.2) is 123 Å². The smallest absolute Gasteiger partial charge is 0.0957 e. The molecule has 0 saturated carbocycles. The molecule has 0 fully saturated rings. The van der Waals surface area contributed by atoms with E-state index in [9.17, 15) is 4.91 Å². The normalized spacial score (nSPS) is 40.6. The van der Waals surface area contributed by atoms with Crippen molar-refractivity contribution in [2.45, 2.75) is 122 Å². The van der Waals surface area contributed by atoms with E-state index in [2.05, 4.69) is 78.9 Å². The molecule has 2 spiro atoms. The summed E-state index contributed by atoms with van der Waals surface area (Å²) in [5.41, 5.74) is 14.2. The highest BCUT2D eigenvalue weighted by Crippen LogP contribution is 2.77. The van der Waals surface area contributed by atoms with Crippen molar-refractivity contribution >= 4 is 0 Å². The molecule has 256 valence electrons. The number of hydrogen-bond acceptors (Lipinski definition) is 2. The van der Waals surface area contributed by atoms with E-state index in [0.29, 0.717) is 29.6 Å². The zero-order chi connectivity index (χ0) is 33.2. The van der Waals surface area contributed by atoms with Crippen LogP contribution in [-0.4, -0.2) is 6.04 Å².